The van der Waals surface area contributed by atoms with Gasteiger partial charge < -0.3 is 9.47 Å². The van der Waals surface area contributed by atoms with E-state index in [9.17, 15) is 19.7 Å². The Bertz CT molecular complexity index is 1270. The van der Waals surface area contributed by atoms with E-state index in [-0.39, 0.29) is 28.6 Å². The van der Waals surface area contributed by atoms with Crippen molar-refractivity contribution in [1.82, 2.24) is 0 Å². The average molecular weight is 428 g/mol. The summed E-state index contributed by atoms with van der Waals surface area (Å²) in [5, 5.41) is 10.8. The van der Waals surface area contributed by atoms with Crippen LogP contribution in [0.3, 0.4) is 0 Å². The Hall–Kier alpha value is -4.59. The molecule has 0 saturated heterocycles. The van der Waals surface area contributed by atoms with E-state index in [0.29, 0.717) is 11.1 Å². The monoisotopic (exact) mass is 428 g/mol. The van der Waals surface area contributed by atoms with E-state index in [0.717, 1.165) is 5.56 Å². The zero-order valence-corrected chi connectivity index (χ0v) is 16.8. The Morgan fingerprint density at radius 1 is 1.03 bits per heavy atom. The molecule has 0 unspecified atom stereocenters. The fraction of sp³-hybridized carbons (Fsp3) is 0.0417. The quantitative estimate of drug-likeness (QED) is 0.195. The molecule has 158 valence electrons. The number of aryl methyl sites for hydroxylation is 1. The lowest BCUT2D eigenvalue weighted by molar-refractivity contribution is -0.384. The lowest BCUT2D eigenvalue weighted by Crippen LogP contribution is -2.09. The Morgan fingerprint density at radius 2 is 1.72 bits per heavy atom. The van der Waals surface area contributed by atoms with Crippen molar-refractivity contribution in [2.45, 2.75) is 6.92 Å². The standard InChI is InChI=1S/C24H16N2O6/c1-15-6-8-16(9-7-15)22-25-20(24(28)32-22)14-18-4-2-3-5-21(18)31-23(27)17-10-12-19(13-11-17)26(29)30/h2-14H,1H3/b20-14-. The van der Waals surface area contributed by atoms with Gasteiger partial charge in [0.15, 0.2) is 5.70 Å². The van der Waals surface area contributed by atoms with Crippen LogP contribution in [0.2, 0.25) is 0 Å². The van der Waals surface area contributed by atoms with Crippen LogP contribution in [0.5, 0.6) is 5.75 Å². The highest BCUT2D eigenvalue weighted by molar-refractivity contribution is 6.13. The molecule has 4 rings (SSSR count). The smallest absolute Gasteiger partial charge is 0.363 e. The largest absolute Gasteiger partial charge is 0.422 e. The summed E-state index contributed by atoms with van der Waals surface area (Å²) in [5.41, 5.74) is 2.28. The molecule has 8 nitrogen and oxygen atoms in total. The topological polar surface area (TPSA) is 108 Å². The van der Waals surface area contributed by atoms with Crippen molar-refractivity contribution in [3.05, 3.63) is 111 Å². The lowest BCUT2D eigenvalue weighted by atomic mass is 10.1. The second-order valence-corrected chi connectivity index (χ2v) is 6.93. The number of para-hydroxylation sites is 1. The number of carbonyl (C=O) groups excluding carboxylic acids is 2. The summed E-state index contributed by atoms with van der Waals surface area (Å²) in [6, 6.07) is 19.1. The number of hydrogen-bond acceptors (Lipinski definition) is 7. The zero-order valence-electron chi connectivity index (χ0n) is 16.8. The summed E-state index contributed by atoms with van der Waals surface area (Å²) < 4.78 is 10.7. The number of nitrogens with zero attached hydrogens (tertiary/aromatic N) is 2. The zero-order chi connectivity index (χ0) is 22.7. The molecule has 0 aromatic heterocycles. The maximum Gasteiger partial charge on any atom is 0.363 e. The van der Waals surface area contributed by atoms with E-state index >= 15 is 0 Å². The van der Waals surface area contributed by atoms with Gasteiger partial charge in [-0.25, -0.2) is 14.6 Å². The minimum absolute atomic E-state index is 0.0689. The van der Waals surface area contributed by atoms with Gasteiger partial charge >= 0.3 is 11.9 Å². The number of cyclic esters (lactones) is 1. The summed E-state index contributed by atoms with van der Waals surface area (Å²) in [4.78, 5) is 39.3. The number of aliphatic imine (C=N–C) groups is 1. The highest BCUT2D eigenvalue weighted by Gasteiger charge is 2.24. The molecule has 3 aromatic rings. The van der Waals surface area contributed by atoms with Gasteiger partial charge in [0, 0.05) is 23.3 Å². The van der Waals surface area contributed by atoms with Crippen molar-refractivity contribution < 1.29 is 24.0 Å². The van der Waals surface area contributed by atoms with E-state index in [4.69, 9.17) is 9.47 Å². The summed E-state index contributed by atoms with van der Waals surface area (Å²) in [5.74, 6) is -0.905. The van der Waals surface area contributed by atoms with E-state index in [1.807, 2.05) is 31.2 Å². The fourth-order valence-electron chi connectivity index (χ4n) is 2.95. The van der Waals surface area contributed by atoms with Crippen molar-refractivity contribution >= 4 is 29.6 Å². The predicted octanol–water partition coefficient (Wildman–Crippen LogP) is 4.47. The van der Waals surface area contributed by atoms with Crippen molar-refractivity contribution in [2.75, 3.05) is 0 Å². The third kappa shape index (κ3) is 4.44. The number of ether oxygens (including phenoxy) is 2. The SMILES string of the molecule is Cc1ccc(C2=N/C(=C\c3ccccc3OC(=O)c3ccc([N+](=O)[O-])cc3)C(=O)O2)cc1. The molecule has 8 heteroatoms. The van der Waals surface area contributed by atoms with Gasteiger partial charge in [0.25, 0.3) is 5.69 Å². The third-order valence-corrected chi connectivity index (χ3v) is 4.65. The fourth-order valence-corrected chi connectivity index (χ4v) is 2.95. The Kier molecular flexibility index (Phi) is 5.59. The Balaban J connectivity index is 1.58. The molecule has 0 N–H and O–H groups in total. The van der Waals surface area contributed by atoms with Gasteiger partial charge in [-0.1, -0.05) is 35.9 Å². The van der Waals surface area contributed by atoms with Gasteiger partial charge in [0.2, 0.25) is 5.90 Å². The first kappa shape index (κ1) is 20.7. The van der Waals surface area contributed by atoms with Crippen LogP contribution in [0.15, 0.2) is 83.5 Å². The Labute approximate surface area is 182 Å². The van der Waals surface area contributed by atoms with Crippen molar-refractivity contribution in [1.29, 1.82) is 0 Å². The van der Waals surface area contributed by atoms with Crippen LogP contribution in [0, 0.1) is 17.0 Å². The molecule has 0 fully saturated rings. The molecule has 0 radical (unpaired) electrons. The van der Waals surface area contributed by atoms with Crippen molar-refractivity contribution in [3.8, 4) is 5.75 Å². The van der Waals surface area contributed by atoms with E-state index in [1.54, 1.807) is 24.3 Å². The van der Waals surface area contributed by atoms with Gasteiger partial charge in [-0.15, -0.1) is 0 Å². The summed E-state index contributed by atoms with van der Waals surface area (Å²) in [7, 11) is 0. The van der Waals surface area contributed by atoms with E-state index < -0.39 is 16.9 Å². The maximum atomic E-state index is 12.5. The molecule has 0 amide bonds. The molecule has 3 aromatic carbocycles. The highest BCUT2D eigenvalue weighted by atomic mass is 16.6. The minimum atomic E-state index is -0.691. The third-order valence-electron chi connectivity index (χ3n) is 4.65. The summed E-state index contributed by atoms with van der Waals surface area (Å²) in [6.07, 6.45) is 1.47. The van der Waals surface area contributed by atoms with E-state index in [2.05, 4.69) is 4.99 Å². The van der Waals surface area contributed by atoms with Crippen LogP contribution in [0.1, 0.15) is 27.0 Å². The maximum absolute atomic E-state index is 12.5. The second kappa shape index (κ2) is 8.65. The van der Waals surface area contributed by atoms with Crippen LogP contribution >= 0.6 is 0 Å². The molecule has 0 saturated carbocycles. The molecule has 0 spiro atoms. The number of hydrogen-bond donors (Lipinski definition) is 0. The number of nitro groups is 1. The molecule has 1 aliphatic rings. The number of benzene rings is 3. The molecular formula is C24H16N2O6. The van der Waals surface area contributed by atoms with Crippen LogP contribution in [-0.4, -0.2) is 22.8 Å². The summed E-state index contributed by atoms with van der Waals surface area (Å²) >= 11 is 0. The summed E-state index contributed by atoms with van der Waals surface area (Å²) in [6.45, 7) is 1.95. The van der Waals surface area contributed by atoms with Gasteiger partial charge in [0.05, 0.1) is 10.5 Å². The highest BCUT2D eigenvalue weighted by Crippen LogP contribution is 2.26. The first-order valence-corrected chi connectivity index (χ1v) is 9.56. The number of carbonyl (C=O) groups is 2. The number of esters is 2. The van der Waals surface area contributed by atoms with Crippen LogP contribution in [0.25, 0.3) is 6.08 Å². The average Bonchev–Trinajstić information content (AvgIpc) is 3.15. The van der Waals surface area contributed by atoms with Crippen LogP contribution in [-0.2, 0) is 9.53 Å². The molecule has 1 aliphatic heterocycles. The molecule has 0 aliphatic carbocycles. The number of non-ortho nitro benzene ring substituents is 1. The van der Waals surface area contributed by atoms with Gasteiger partial charge in [-0.05, 0) is 43.3 Å². The van der Waals surface area contributed by atoms with Crippen LogP contribution < -0.4 is 4.74 Å². The molecule has 0 bridgehead atoms. The van der Waals surface area contributed by atoms with Gasteiger partial charge in [-0.2, -0.15) is 0 Å². The van der Waals surface area contributed by atoms with Gasteiger partial charge in [-0.3, -0.25) is 10.1 Å². The number of nitro benzene ring substituents is 1. The second-order valence-electron chi connectivity index (χ2n) is 6.93. The lowest BCUT2D eigenvalue weighted by Gasteiger charge is -2.07. The predicted molar refractivity (Wildman–Crippen MR) is 116 cm³/mol. The molecule has 1 heterocycles. The van der Waals surface area contributed by atoms with Gasteiger partial charge in [0.1, 0.15) is 5.75 Å². The molecular weight excluding hydrogens is 412 g/mol. The van der Waals surface area contributed by atoms with E-state index in [1.165, 1.54) is 30.3 Å². The first-order chi connectivity index (χ1) is 15.4. The first-order valence-electron chi connectivity index (χ1n) is 9.56. The van der Waals surface area contributed by atoms with Crippen molar-refractivity contribution in [3.63, 3.8) is 0 Å². The van der Waals surface area contributed by atoms with Crippen molar-refractivity contribution in [2.24, 2.45) is 4.99 Å². The van der Waals surface area contributed by atoms with Crippen LogP contribution in [0.4, 0.5) is 5.69 Å². The molecule has 0 atom stereocenters. The number of rotatable bonds is 5. The normalized spacial score (nSPS) is 14.1. The minimum Gasteiger partial charge on any atom is -0.422 e. The molecule has 32 heavy (non-hydrogen) atoms. The Morgan fingerprint density at radius 3 is 2.41 bits per heavy atom.